The zero-order valence-corrected chi connectivity index (χ0v) is 24.5. The molecule has 0 radical (unpaired) electrons. The fourth-order valence-electron chi connectivity index (χ4n) is 7.86. The lowest BCUT2D eigenvalue weighted by molar-refractivity contribution is -0.148. The zero-order valence-electron chi connectivity index (χ0n) is 24.5. The Hall–Kier alpha value is -3.17. The van der Waals surface area contributed by atoms with E-state index in [0.717, 1.165) is 68.6 Å². The summed E-state index contributed by atoms with van der Waals surface area (Å²) in [5.41, 5.74) is 1.35. The van der Waals surface area contributed by atoms with Crippen LogP contribution in [0.25, 0.3) is 11.5 Å². The molecule has 8 nitrogen and oxygen atoms in total. The van der Waals surface area contributed by atoms with Gasteiger partial charge in [-0.15, -0.1) is 0 Å². The van der Waals surface area contributed by atoms with E-state index in [9.17, 15) is 13.6 Å². The minimum Gasteiger partial charge on any atom is -0.339 e. The van der Waals surface area contributed by atoms with Gasteiger partial charge in [-0.2, -0.15) is 9.97 Å². The van der Waals surface area contributed by atoms with Crippen molar-refractivity contribution in [2.24, 2.45) is 29.6 Å². The number of halogens is 2. The van der Waals surface area contributed by atoms with Crippen LogP contribution in [0.3, 0.4) is 0 Å². The van der Waals surface area contributed by atoms with Crippen molar-refractivity contribution in [2.75, 3.05) is 11.4 Å². The van der Waals surface area contributed by atoms with Crippen LogP contribution >= 0.6 is 0 Å². The summed E-state index contributed by atoms with van der Waals surface area (Å²) in [7, 11) is 0. The third kappa shape index (κ3) is 5.62. The number of benzene rings is 1. The Balaban J connectivity index is 1.03. The molecular formula is C33H39F2N5O3. The quantitative estimate of drug-likeness (QED) is 0.252. The van der Waals surface area contributed by atoms with Crippen LogP contribution in [0.15, 0.2) is 33.3 Å². The van der Waals surface area contributed by atoms with Gasteiger partial charge in [0.2, 0.25) is 17.7 Å². The van der Waals surface area contributed by atoms with Crippen molar-refractivity contribution in [3.8, 4) is 11.5 Å². The summed E-state index contributed by atoms with van der Waals surface area (Å²) in [6.45, 7) is 0.513. The molecule has 2 heterocycles. The summed E-state index contributed by atoms with van der Waals surface area (Å²) in [6, 6.07) is 7.58. The first-order chi connectivity index (χ1) is 20.8. The third-order valence-electron chi connectivity index (χ3n) is 10.8. The second-order valence-electron chi connectivity index (χ2n) is 14.2. The summed E-state index contributed by atoms with van der Waals surface area (Å²) in [4.78, 5) is 25.1. The van der Waals surface area contributed by atoms with Gasteiger partial charge in [0.15, 0.2) is 11.6 Å². The van der Waals surface area contributed by atoms with Crippen LogP contribution in [0.5, 0.6) is 0 Å². The number of hydrogen-bond acceptors (Lipinski definition) is 7. The first kappa shape index (κ1) is 27.4. The molecule has 10 heteroatoms. The Kier molecular flexibility index (Phi) is 6.67. The van der Waals surface area contributed by atoms with E-state index in [-0.39, 0.29) is 30.1 Å². The lowest BCUT2D eigenvalue weighted by Crippen LogP contribution is -2.50. The molecule has 2 aromatic heterocycles. The van der Waals surface area contributed by atoms with Gasteiger partial charge in [0, 0.05) is 54.8 Å². The van der Waals surface area contributed by atoms with Gasteiger partial charge in [0.25, 0.3) is 5.89 Å². The van der Waals surface area contributed by atoms with E-state index in [0.29, 0.717) is 41.7 Å². The van der Waals surface area contributed by atoms with Gasteiger partial charge >= 0.3 is 0 Å². The molecule has 43 heavy (non-hydrogen) atoms. The van der Waals surface area contributed by atoms with Crippen LogP contribution in [0, 0.1) is 29.6 Å². The second kappa shape index (κ2) is 10.5. The van der Waals surface area contributed by atoms with E-state index in [1.165, 1.54) is 25.7 Å². The smallest absolute Gasteiger partial charge is 0.257 e. The summed E-state index contributed by atoms with van der Waals surface area (Å²) in [6.07, 6.45) is 12.0. The number of aromatic nitrogens is 4. The maximum Gasteiger partial charge on any atom is 0.257 e. The van der Waals surface area contributed by atoms with Gasteiger partial charge in [-0.25, -0.2) is 8.78 Å². The van der Waals surface area contributed by atoms with Crippen LogP contribution in [0.1, 0.15) is 94.6 Å². The van der Waals surface area contributed by atoms with Gasteiger partial charge < -0.3 is 13.9 Å². The SMILES string of the molecule is O=C(C1CC(F)(F)C1)N(CC1CCC2(c3nc(CC4CC4)no3)CCCC1C2)c1cccc(-c2nc(CC3CC3)no2)c1. The summed E-state index contributed by atoms with van der Waals surface area (Å²) >= 11 is 0. The molecule has 228 valence electrons. The maximum atomic E-state index is 13.9. The maximum absolute atomic E-state index is 13.9. The zero-order chi connectivity index (χ0) is 29.2. The summed E-state index contributed by atoms with van der Waals surface area (Å²) in [5.74, 6) is 1.16. The molecule has 3 unspecified atom stereocenters. The standard InChI is InChI=1S/C33H39F2N5O3/c34-33(35)17-25(18-33)30(41)40(26-5-1-3-22(15-26)29-36-27(38-42-29)13-20-6-7-20)19-24-10-12-32(11-2-4-23(24)16-32)31-37-28(39-43-31)14-21-8-9-21/h1,3,5,15,20-21,23-25H,2,4,6-14,16-19H2. The van der Waals surface area contributed by atoms with E-state index in [2.05, 4.69) is 15.3 Å². The number of rotatable bonds is 10. The predicted molar refractivity (Wildman–Crippen MR) is 153 cm³/mol. The number of hydrogen-bond donors (Lipinski definition) is 0. The Labute approximate surface area is 250 Å². The van der Waals surface area contributed by atoms with Crippen molar-refractivity contribution >= 4 is 11.6 Å². The van der Waals surface area contributed by atoms with Gasteiger partial charge in [-0.1, -0.05) is 29.2 Å². The molecule has 5 aliphatic rings. The molecule has 0 spiro atoms. The minimum atomic E-state index is -2.76. The molecule has 1 aromatic carbocycles. The van der Waals surface area contributed by atoms with E-state index in [1.807, 2.05) is 24.3 Å². The summed E-state index contributed by atoms with van der Waals surface area (Å²) in [5, 5.41) is 8.48. The van der Waals surface area contributed by atoms with Crippen LogP contribution < -0.4 is 4.90 Å². The van der Waals surface area contributed by atoms with E-state index < -0.39 is 11.8 Å². The van der Waals surface area contributed by atoms with Gasteiger partial charge in [0.05, 0.1) is 0 Å². The molecule has 0 saturated heterocycles. The number of alkyl halides is 2. The normalized spacial score (nSPS) is 28.4. The van der Waals surface area contributed by atoms with Crippen molar-refractivity contribution in [2.45, 2.75) is 101 Å². The largest absolute Gasteiger partial charge is 0.339 e. The molecule has 0 aliphatic heterocycles. The van der Waals surface area contributed by atoms with Crippen LogP contribution in [-0.2, 0) is 23.1 Å². The first-order valence-corrected chi connectivity index (χ1v) is 16.3. The van der Waals surface area contributed by atoms with Crippen molar-refractivity contribution < 1.29 is 22.6 Å². The lowest BCUT2D eigenvalue weighted by Gasteiger charge is -2.48. The average Bonchev–Trinajstić information content (AvgIpc) is 3.88. The minimum absolute atomic E-state index is 0.0882. The number of anilines is 1. The van der Waals surface area contributed by atoms with Gasteiger partial charge in [0.1, 0.15) is 0 Å². The number of fused-ring (bicyclic) bond motifs is 2. The van der Waals surface area contributed by atoms with Gasteiger partial charge in [-0.3, -0.25) is 4.79 Å². The van der Waals surface area contributed by atoms with Crippen LogP contribution in [0.2, 0.25) is 0 Å². The molecule has 3 atom stereocenters. The first-order valence-electron chi connectivity index (χ1n) is 16.3. The molecule has 5 saturated carbocycles. The van der Waals surface area contributed by atoms with E-state index in [4.69, 9.17) is 14.0 Å². The Morgan fingerprint density at radius 2 is 1.65 bits per heavy atom. The second-order valence-corrected chi connectivity index (χ2v) is 14.2. The lowest BCUT2D eigenvalue weighted by atomic mass is 9.58. The Bertz CT molecular complexity index is 1490. The Morgan fingerprint density at radius 1 is 0.907 bits per heavy atom. The molecule has 1 amide bonds. The summed E-state index contributed by atoms with van der Waals surface area (Å²) < 4.78 is 39.2. The molecule has 5 aliphatic carbocycles. The predicted octanol–water partition coefficient (Wildman–Crippen LogP) is 6.94. The van der Waals surface area contributed by atoms with Crippen molar-refractivity contribution in [1.29, 1.82) is 0 Å². The van der Waals surface area contributed by atoms with Gasteiger partial charge in [-0.05, 0) is 93.2 Å². The average molecular weight is 592 g/mol. The molecule has 0 N–H and O–H groups in total. The number of amides is 1. The van der Waals surface area contributed by atoms with Crippen molar-refractivity contribution in [3.05, 3.63) is 41.8 Å². The highest BCUT2D eigenvalue weighted by Crippen LogP contribution is 2.53. The fourth-order valence-corrected chi connectivity index (χ4v) is 7.86. The Morgan fingerprint density at radius 3 is 2.40 bits per heavy atom. The highest BCUT2D eigenvalue weighted by molar-refractivity contribution is 5.96. The van der Waals surface area contributed by atoms with Crippen LogP contribution in [0.4, 0.5) is 14.5 Å². The monoisotopic (exact) mass is 591 g/mol. The van der Waals surface area contributed by atoms with Crippen LogP contribution in [-0.4, -0.2) is 38.7 Å². The number of carbonyl (C=O) groups excluding carboxylic acids is 1. The topological polar surface area (TPSA) is 98.2 Å². The highest BCUT2D eigenvalue weighted by Gasteiger charge is 2.52. The van der Waals surface area contributed by atoms with E-state index in [1.54, 1.807) is 4.90 Å². The fraction of sp³-hybridized carbons (Fsp3) is 0.667. The number of carbonyl (C=O) groups is 1. The highest BCUT2D eigenvalue weighted by atomic mass is 19.3. The molecule has 3 aromatic rings. The molecule has 8 rings (SSSR count). The number of nitrogens with zero attached hydrogens (tertiary/aromatic N) is 5. The molecule has 5 fully saturated rings. The molecular weight excluding hydrogens is 552 g/mol. The third-order valence-corrected chi connectivity index (χ3v) is 10.8. The van der Waals surface area contributed by atoms with E-state index >= 15 is 0 Å². The molecule has 2 bridgehead atoms. The van der Waals surface area contributed by atoms with Crippen molar-refractivity contribution in [1.82, 2.24) is 20.3 Å². The van der Waals surface area contributed by atoms with Crippen molar-refractivity contribution in [3.63, 3.8) is 0 Å².